The smallest absolute Gasteiger partial charge is 0.338 e. The highest BCUT2D eigenvalue weighted by atomic mass is 79.9. The molecule has 0 heterocycles. The molecule has 0 amide bonds. The molecule has 0 rings (SSSR count). The number of halogens is 2. The van der Waals surface area contributed by atoms with Gasteiger partial charge in [0.15, 0.2) is 0 Å². The molecular formula is C6H10BrClO2. The van der Waals surface area contributed by atoms with E-state index in [1.807, 2.05) is 13.8 Å². The van der Waals surface area contributed by atoms with E-state index in [4.69, 9.17) is 11.9 Å². The van der Waals surface area contributed by atoms with Crippen LogP contribution >= 0.6 is 27.8 Å². The van der Waals surface area contributed by atoms with Crippen LogP contribution < -0.4 is 0 Å². The van der Waals surface area contributed by atoms with Gasteiger partial charge in [0.05, 0.1) is 0 Å². The minimum absolute atomic E-state index is 0.273. The Labute approximate surface area is 74.2 Å². The summed E-state index contributed by atoms with van der Waals surface area (Å²) in [4.78, 5) is 10.4. The Bertz CT molecular complexity index is 116. The minimum Gasteiger partial charge on any atom is -0.346 e. The van der Waals surface area contributed by atoms with Crippen molar-refractivity contribution in [1.29, 1.82) is 0 Å². The molecule has 0 saturated heterocycles. The van der Waals surface area contributed by atoms with Gasteiger partial charge in [-0.25, -0.2) is 4.79 Å². The van der Waals surface area contributed by atoms with E-state index in [0.29, 0.717) is 5.92 Å². The maximum Gasteiger partial charge on any atom is 0.338 e. The normalized spacial score (nSPS) is 13.3. The van der Waals surface area contributed by atoms with Gasteiger partial charge in [-0.2, -0.15) is 0 Å². The maximum atomic E-state index is 10.6. The van der Waals surface area contributed by atoms with Gasteiger partial charge >= 0.3 is 5.97 Å². The van der Waals surface area contributed by atoms with Crippen molar-refractivity contribution in [3.8, 4) is 0 Å². The lowest BCUT2D eigenvalue weighted by atomic mass is 10.1. The Hall–Kier alpha value is 0.240. The van der Waals surface area contributed by atoms with Crippen molar-refractivity contribution >= 4 is 33.8 Å². The molecule has 1 atom stereocenters. The van der Waals surface area contributed by atoms with Crippen LogP contribution in [0.1, 0.15) is 20.3 Å². The largest absolute Gasteiger partial charge is 0.346 e. The fourth-order valence-corrected chi connectivity index (χ4v) is 1.61. The summed E-state index contributed by atoms with van der Waals surface area (Å²) >= 11 is 8.00. The van der Waals surface area contributed by atoms with Crippen LogP contribution in [0.3, 0.4) is 0 Å². The summed E-state index contributed by atoms with van der Waals surface area (Å²) in [6.45, 7) is 4.05. The fraction of sp³-hybridized carbons (Fsp3) is 0.833. The second kappa shape index (κ2) is 4.97. The molecule has 10 heavy (non-hydrogen) atoms. The first kappa shape index (κ1) is 10.2. The van der Waals surface area contributed by atoms with Crippen molar-refractivity contribution in [2.45, 2.75) is 25.1 Å². The molecule has 0 aliphatic carbocycles. The molecule has 0 aromatic heterocycles. The Morgan fingerprint density at radius 2 is 2.20 bits per heavy atom. The van der Waals surface area contributed by atoms with Crippen LogP contribution in [0.5, 0.6) is 0 Å². The zero-order valence-corrected chi connectivity index (χ0v) is 8.28. The number of carbonyl (C=O) groups excluding carboxylic acids is 1. The van der Waals surface area contributed by atoms with E-state index in [2.05, 4.69) is 20.2 Å². The van der Waals surface area contributed by atoms with Crippen LogP contribution in [0.2, 0.25) is 0 Å². The van der Waals surface area contributed by atoms with Crippen LogP contribution in [-0.2, 0) is 9.08 Å². The van der Waals surface area contributed by atoms with Gasteiger partial charge in [0.2, 0.25) is 0 Å². The van der Waals surface area contributed by atoms with Gasteiger partial charge in [0, 0.05) is 0 Å². The average molecular weight is 230 g/mol. The number of alkyl halides is 1. The van der Waals surface area contributed by atoms with E-state index in [0.717, 1.165) is 6.42 Å². The number of hydrogen-bond acceptors (Lipinski definition) is 2. The molecule has 2 nitrogen and oxygen atoms in total. The van der Waals surface area contributed by atoms with Crippen LogP contribution in [0.4, 0.5) is 0 Å². The Morgan fingerprint density at radius 1 is 1.70 bits per heavy atom. The van der Waals surface area contributed by atoms with Gasteiger partial charge in [-0.1, -0.05) is 29.8 Å². The highest BCUT2D eigenvalue weighted by Gasteiger charge is 2.16. The number of hydrogen-bond donors (Lipinski definition) is 0. The van der Waals surface area contributed by atoms with E-state index >= 15 is 0 Å². The van der Waals surface area contributed by atoms with Gasteiger partial charge in [-0.15, -0.1) is 0 Å². The molecule has 0 N–H and O–H groups in total. The topological polar surface area (TPSA) is 26.3 Å². The molecule has 60 valence electrons. The molecule has 0 aliphatic rings. The van der Waals surface area contributed by atoms with Crippen LogP contribution in [-0.4, -0.2) is 10.8 Å². The second-order valence-corrected chi connectivity index (χ2v) is 3.75. The molecule has 1 unspecified atom stereocenters. The maximum absolute atomic E-state index is 10.6. The zero-order chi connectivity index (χ0) is 8.15. The molecule has 0 aliphatic heterocycles. The second-order valence-electron chi connectivity index (χ2n) is 2.49. The molecule has 0 saturated carbocycles. The summed E-state index contributed by atoms with van der Waals surface area (Å²) in [7, 11) is 0. The van der Waals surface area contributed by atoms with Gasteiger partial charge in [-0.05, 0) is 12.3 Å². The van der Waals surface area contributed by atoms with Gasteiger partial charge < -0.3 is 4.29 Å². The van der Waals surface area contributed by atoms with E-state index in [1.54, 1.807) is 0 Å². The summed E-state index contributed by atoms with van der Waals surface area (Å²) in [5, 5.41) is 0. The summed E-state index contributed by atoms with van der Waals surface area (Å²) in [5.41, 5.74) is 0. The van der Waals surface area contributed by atoms with Crippen LogP contribution in [0, 0.1) is 5.92 Å². The lowest BCUT2D eigenvalue weighted by Crippen LogP contribution is -2.15. The summed E-state index contributed by atoms with van der Waals surface area (Å²) in [6.07, 6.45) is 0.742. The fourth-order valence-electron chi connectivity index (χ4n) is 0.558. The average Bonchev–Trinajstić information content (AvgIpc) is 1.85. The predicted molar refractivity (Wildman–Crippen MR) is 44.1 cm³/mol. The van der Waals surface area contributed by atoms with Crippen molar-refractivity contribution in [2.75, 3.05) is 0 Å². The van der Waals surface area contributed by atoms with Crippen molar-refractivity contribution in [3.05, 3.63) is 0 Å². The molecule has 4 heteroatoms. The van der Waals surface area contributed by atoms with Crippen LogP contribution in [0.25, 0.3) is 0 Å². The standard InChI is InChI=1S/C6H10BrClO2/c1-4(2)3-5(7)6(9)10-8/h4-5H,3H2,1-2H3. The first-order valence-electron chi connectivity index (χ1n) is 3.04. The molecule has 0 radical (unpaired) electrons. The van der Waals surface area contributed by atoms with E-state index in [1.165, 1.54) is 0 Å². The molecule has 0 spiro atoms. The van der Waals surface area contributed by atoms with Crippen molar-refractivity contribution in [3.63, 3.8) is 0 Å². The third-order valence-electron chi connectivity index (χ3n) is 1.01. The van der Waals surface area contributed by atoms with Gasteiger partial charge in [0.1, 0.15) is 16.7 Å². The monoisotopic (exact) mass is 228 g/mol. The quantitative estimate of drug-likeness (QED) is 0.695. The minimum atomic E-state index is -0.421. The lowest BCUT2D eigenvalue weighted by molar-refractivity contribution is -0.133. The predicted octanol–water partition coefficient (Wildman–Crippen LogP) is 2.49. The van der Waals surface area contributed by atoms with Gasteiger partial charge in [0.25, 0.3) is 0 Å². The summed E-state index contributed by atoms with van der Waals surface area (Å²) < 4.78 is 4.00. The third kappa shape index (κ3) is 4.12. The summed E-state index contributed by atoms with van der Waals surface area (Å²) in [6, 6.07) is 0. The molecule has 0 aromatic carbocycles. The van der Waals surface area contributed by atoms with Gasteiger partial charge in [-0.3, -0.25) is 0 Å². The number of rotatable bonds is 3. The Kier molecular flexibility index (Phi) is 5.09. The first-order valence-corrected chi connectivity index (χ1v) is 4.26. The first-order chi connectivity index (χ1) is 4.57. The third-order valence-corrected chi connectivity index (χ3v) is 1.91. The molecule has 0 aromatic rings. The summed E-state index contributed by atoms with van der Waals surface area (Å²) in [5.74, 6) is 0.0375. The molecule has 0 fully saturated rings. The van der Waals surface area contributed by atoms with Crippen LogP contribution in [0.15, 0.2) is 0 Å². The van der Waals surface area contributed by atoms with Crippen molar-refractivity contribution < 1.29 is 9.08 Å². The van der Waals surface area contributed by atoms with E-state index in [-0.39, 0.29) is 4.83 Å². The Morgan fingerprint density at radius 3 is 2.50 bits per heavy atom. The van der Waals surface area contributed by atoms with E-state index in [9.17, 15) is 4.79 Å². The zero-order valence-electron chi connectivity index (χ0n) is 5.93. The molecule has 0 bridgehead atoms. The van der Waals surface area contributed by atoms with Crippen molar-refractivity contribution in [1.82, 2.24) is 0 Å². The SMILES string of the molecule is CC(C)CC(Br)C(=O)OCl. The molecular weight excluding hydrogens is 219 g/mol. The lowest BCUT2D eigenvalue weighted by Gasteiger charge is -2.07. The highest BCUT2D eigenvalue weighted by molar-refractivity contribution is 9.10. The highest BCUT2D eigenvalue weighted by Crippen LogP contribution is 2.14. The van der Waals surface area contributed by atoms with E-state index < -0.39 is 5.97 Å². The Balaban J connectivity index is 3.61. The number of carbonyl (C=O) groups is 1. The van der Waals surface area contributed by atoms with Crippen molar-refractivity contribution in [2.24, 2.45) is 5.92 Å².